The third kappa shape index (κ3) is 3.57. The lowest BCUT2D eigenvalue weighted by atomic mass is 10.1. The molecule has 1 N–H and O–H groups in total. The van der Waals surface area contributed by atoms with E-state index in [2.05, 4.69) is 15.5 Å². The standard InChI is InChI=1S/C13H17N3O2S/c1-9-15-16-13(19-9)14-7-6-10-4-5-11(17-2)12(8-10)18-3/h4-5,8H,6-7H2,1-3H3,(H,14,16). The molecule has 1 heterocycles. The van der Waals surface area contributed by atoms with Gasteiger partial charge in [-0.25, -0.2) is 0 Å². The van der Waals surface area contributed by atoms with Gasteiger partial charge in [-0.3, -0.25) is 0 Å². The molecular formula is C13H17N3O2S. The molecule has 5 nitrogen and oxygen atoms in total. The molecule has 0 saturated heterocycles. The first kappa shape index (κ1) is 13.6. The first-order valence-electron chi connectivity index (χ1n) is 5.98. The molecule has 0 aliphatic carbocycles. The molecule has 0 spiro atoms. The molecular weight excluding hydrogens is 262 g/mol. The fourth-order valence-electron chi connectivity index (χ4n) is 1.72. The minimum Gasteiger partial charge on any atom is -0.493 e. The van der Waals surface area contributed by atoms with E-state index in [1.807, 2.05) is 25.1 Å². The number of benzene rings is 1. The van der Waals surface area contributed by atoms with E-state index in [1.165, 1.54) is 5.56 Å². The summed E-state index contributed by atoms with van der Waals surface area (Å²) in [5.74, 6) is 1.51. The van der Waals surface area contributed by atoms with Crippen molar-refractivity contribution in [3.63, 3.8) is 0 Å². The summed E-state index contributed by atoms with van der Waals surface area (Å²) in [7, 11) is 3.28. The first-order valence-corrected chi connectivity index (χ1v) is 6.79. The lowest BCUT2D eigenvalue weighted by molar-refractivity contribution is 0.354. The van der Waals surface area contributed by atoms with E-state index in [1.54, 1.807) is 25.6 Å². The Morgan fingerprint density at radius 1 is 1.16 bits per heavy atom. The van der Waals surface area contributed by atoms with Crippen molar-refractivity contribution in [3.8, 4) is 11.5 Å². The maximum atomic E-state index is 5.28. The van der Waals surface area contributed by atoms with Gasteiger partial charge in [0.1, 0.15) is 5.01 Å². The Bertz CT molecular complexity index is 542. The van der Waals surface area contributed by atoms with Crippen LogP contribution in [0.25, 0.3) is 0 Å². The van der Waals surface area contributed by atoms with Crippen LogP contribution in [-0.4, -0.2) is 31.0 Å². The van der Waals surface area contributed by atoms with Crippen molar-refractivity contribution >= 4 is 16.5 Å². The van der Waals surface area contributed by atoms with Crippen molar-refractivity contribution < 1.29 is 9.47 Å². The molecule has 1 aromatic carbocycles. The number of hydrogen-bond donors (Lipinski definition) is 1. The van der Waals surface area contributed by atoms with Crippen LogP contribution >= 0.6 is 11.3 Å². The molecule has 102 valence electrons. The van der Waals surface area contributed by atoms with Gasteiger partial charge in [0.2, 0.25) is 5.13 Å². The van der Waals surface area contributed by atoms with E-state index >= 15 is 0 Å². The second-order valence-electron chi connectivity index (χ2n) is 3.99. The number of aromatic nitrogens is 2. The SMILES string of the molecule is COc1ccc(CCNc2nnc(C)s2)cc1OC. The minimum atomic E-state index is 0.749. The third-order valence-electron chi connectivity index (χ3n) is 2.66. The lowest BCUT2D eigenvalue weighted by Crippen LogP contribution is -2.04. The second kappa shape index (κ2) is 6.38. The molecule has 6 heteroatoms. The smallest absolute Gasteiger partial charge is 0.205 e. The summed E-state index contributed by atoms with van der Waals surface area (Å²) in [6.45, 7) is 2.75. The Morgan fingerprint density at radius 3 is 2.58 bits per heavy atom. The van der Waals surface area contributed by atoms with Crippen LogP contribution < -0.4 is 14.8 Å². The summed E-state index contributed by atoms with van der Waals surface area (Å²) in [6, 6.07) is 5.95. The number of hydrogen-bond acceptors (Lipinski definition) is 6. The Labute approximate surface area is 116 Å². The maximum Gasteiger partial charge on any atom is 0.205 e. The number of nitrogens with one attached hydrogen (secondary N) is 1. The molecule has 0 atom stereocenters. The van der Waals surface area contributed by atoms with E-state index < -0.39 is 0 Å². The summed E-state index contributed by atoms with van der Waals surface area (Å²) < 4.78 is 10.5. The van der Waals surface area contributed by atoms with Crippen molar-refractivity contribution in [2.75, 3.05) is 26.1 Å². The van der Waals surface area contributed by atoms with Gasteiger partial charge < -0.3 is 14.8 Å². The Morgan fingerprint density at radius 2 is 1.95 bits per heavy atom. The second-order valence-corrected chi connectivity index (χ2v) is 5.17. The van der Waals surface area contributed by atoms with E-state index in [9.17, 15) is 0 Å². The van der Waals surface area contributed by atoms with Crippen LogP contribution in [0.15, 0.2) is 18.2 Å². The summed E-state index contributed by atoms with van der Waals surface area (Å²) in [4.78, 5) is 0. The molecule has 2 rings (SSSR count). The van der Waals surface area contributed by atoms with Gasteiger partial charge in [-0.1, -0.05) is 17.4 Å². The Kier molecular flexibility index (Phi) is 4.57. The van der Waals surface area contributed by atoms with E-state index in [4.69, 9.17) is 9.47 Å². The number of methoxy groups -OCH3 is 2. The van der Waals surface area contributed by atoms with Crippen molar-refractivity contribution in [1.29, 1.82) is 0 Å². The summed E-state index contributed by atoms with van der Waals surface area (Å²) in [5.41, 5.74) is 1.19. The molecule has 0 radical (unpaired) electrons. The van der Waals surface area contributed by atoms with Gasteiger partial charge in [0.05, 0.1) is 14.2 Å². The zero-order valence-electron chi connectivity index (χ0n) is 11.3. The molecule has 2 aromatic rings. The molecule has 19 heavy (non-hydrogen) atoms. The molecule has 0 amide bonds. The summed E-state index contributed by atoms with van der Waals surface area (Å²) in [6.07, 6.45) is 0.888. The number of ether oxygens (including phenoxy) is 2. The van der Waals surface area contributed by atoms with E-state index in [0.29, 0.717) is 0 Å². The Hall–Kier alpha value is -1.82. The highest BCUT2D eigenvalue weighted by molar-refractivity contribution is 7.15. The highest BCUT2D eigenvalue weighted by Crippen LogP contribution is 2.27. The molecule has 0 aliphatic heterocycles. The van der Waals surface area contributed by atoms with Crippen LogP contribution in [-0.2, 0) is 6.42 Å². The molecule has 0 bridgehead atoms. The maximum absolute atomic E-state index is 5.28. The minimum absolute atomic E-state index is 0.749. The van der Waals surface area contributed by atoms with Crippen LogP contribution in [0.3, 0.4) is 0 Å². The quantitative estimate of drug-likeness (QED) is 0.880. The van der Waals surface area contributed by atoms with E-state index in [-0.39, 0.29) is 0 Å². The topological polar surface area (TPSA) is 56.3 Å². The highest BCUT2D eigenvalue weighted by Gasteiger charge is 2.05. The van der Waals surface area contributed by atoms with Gasteiger partial charge in [-0.15, -0.1) is 10.2 Å². The molecule has 1 aromatic heterocycles. The van der Waals surface area contributed by atoms with Gasteiger partial charge in [0.25, 0.3) is 0 Å². The van der Waals surface area contributed by atoms with Crippen LogP contribution in [0.5, 0.6) is 11.5 Å². The van der Waals surface area contributed by atoms with Crippen LogP contribution in [0.1, 0.15) is 10.6 Å². The van der Waals surface area contributed by atoms with Crippen molar-refractivity contribution in [2.45, 2.75) is 13.3 Å². The monoisotopic (exact) mass is 279 g/mol. The van der Waals surface area contributed by atoms with Gasteiger partial charge >= 0.3 is 0 Å². The van der Waals surface area contributed by atoms with Crippen LogP contribution in [0, 0.1) is 6.92 Å². The molecule has 0 fully saturated rings. The number of rotatable bonds is 6. The average molecular weight is 279 g/mol. The predicted octanol–water partition coefficient (Wildman–Crippen LogP) is 2.52. The van der Waals surface area contributed by atoms with Crippen LogP contribution in [0.2, 0.25) is 0 Å². The average Bonchev–Trinajstić information content (AvgIpc) is 2.84. The van der Waals surface area contributed by atoms with Crippen molar-refractivity contribution in [1.82, 2.24) is 10.2 Å². The number of aryl methyl sites for hydroxylation is 1. The summed E-state index contributed by atoms with van der Waals surface area (Å²) >= 11 is 1.56. The normalized spacial score (nSPS) is 10.3. The lowest BCUT2D eigenvalue weighted by Gasteiger charge is -2.09. The zero-order valence-corrected chi connectivity index (χ0v) is 12.1. The van der Waals surface area contributed by atoms with Crippen molar-refractivity contribution in [2.24, 2.45) is 0 Å². The van der Waals surface area contributed by atoms with Gasteiger partial charge in [-0.2, -0.15) is 0 Å². The largest absolute Gasteiger partial charge is 0.493 e. The fourth-order valence-corrected chi connectivity index (χ4v) is 2.34. The van der Waals surface area contributed by atoms with Crippen LogP contribution in [0.4, 0.5) is 5.13 Å². The van der Waals surface area contributed by atoms with Gasteiger partial charge in [-0.05, 0) is 31.0 Å². The van der Waals surface area contributed by atoms with Gasteiger partial charge in [0.15, 0.2) is 11.5 Å². The zero-order chi connectivity index (χ0) is 13.7. The molecule has 0 saturated carbocycles. The van der Waals surface area contributed by atoms with Gasteiger partial charge in [0, 0.05) is 6.54 Å². The third-order valence-corrected chi connectivity index (χ3v) is 3.46. The predicted molar refractivity (Wildman–Crippen MR) is 76.4 cm³/mol. The first-order chi connectivity index (χ1) is 9.22. The fraction of sp³-hybridized carbons (Fsp3) is 0.385. The summed E-state index contributed by atoms with van der Waals surface area (Å²) in [5, 5.41) is 13.1. The molecule has 0 unspecified atom stereocenters. The van der Waals surface area contributed by atoms with Crippen molar-refractivity contribution in [3.05, 3.63) is 28.8 Å². The number of anilines is 1. The highest BCUT2D eigenvalue weighted by atomic mass is 32.1. The van der Waals surface area contributed by atoms with E-state index in [0.717, 1.165) is 34.6 Å². The Balaban J connectivity index is 1.92. The number of nitrogens with zero attached hydrogens (tertiary/aromatic N) is 2. The molecule has 0 aliphatic rings.